The molecule has 4 rings (SSSR count). The summed E-state index contributed by atoms with van der Waals surface area (Å²) in [6, 6.07) is 7.84. The molecule has 2 aliphatic rings. The van der Waals surface area contributed by atoms with Gasteiger partial charge < -0.3 is 10.2 Å². The van der Waals surface area contributed by atoms with Gasteiger partial charge in [0, 0.05) is 30.4 Å². The minimum Gasteiger partial charge on any atom is -0.352 e. The van der Waals surface area contributed by atoms with Gasteiger partial charge in [0.15, 0.2) is 0 Å². The first-order valence-electron chi connectivity index (χ1n) is 9.91. The SMILES string of the molecule is O=C(NCCCN1CCCC1)c1cccc(-c2cnn(CC3CC3)c2)c1. The zero-order valence-electron chi connectivity index (χ0n) is 15.4. The Kier molecular flexibility index (Phi) is 5.34. The molecule has 26 heavy (non-hydrogen) atoms. The van der Waals surface area contributed by atoms with Crippen LogP contribution in [0.2, 0.25) is 0 Å². The topological polar surface area (TPSA) is 50.2 Å². The molecule has 1 aliphatic heterocycles. The summed E-state index contributed by atoms with van der Waals surface area (Å²) in [5.74, 6) is 0.819. The van der Waals surface area contributed by atoms with Gasteiger partial charge in [0.2, 0.25) is 0 Å². The second kappa shape index (κ2) is 8.04. The van der Waals surface area contributed by atoms with E-state index in [9.17, 15) is 4.79 Å². The fourth-order valence-corrected chi connectivity index (χ4v) is 3.63. The molecule has 5 nitrogen and oxygen atoms in total. The highest BCUT2D eigenvalue weighted by molar-refractivity contribution is 5.95. The summed E-state index contributed by atoms with van der Waals surface area (Å²) in [5, 5.41) is 7.51. The highest BCUT2D eigenvalue weighted by Gasteiger charge is 2.22. The van der Waals surface area contributed by atoms with Crippen molar-refractivity contribution in [1.29, 1.82) is 0 Å². The lowest BCUT2D eigenvalue weighted by atomic mass is 10.1. The number of rotatable bonds is 8. The summed E-state index contributed by atoms with van der Waals surface area (Å²) in [4.78, 5) is 14.9. The number of nitrogens with zero attached hydrogens (tertiary/aromatic N) is 3. The van der Waals surface area contributed by atoms with Crippen LogP contribution in [0.4, 0.5) is 0 Å². The molecule has 1 N–H and O–H groups in total. The number of carbonyl (C=O) groups excluding carboxylic acids is 1. The summed E-state index contributed by atoms with van der Waals surface area (Å²) in [6.45, 7) is 5.26. The minimum atomic E-state index is 0.0126. The summed E-state index contributed by atoms with van der Waals surface area (Å²) in [5.41, 5.74) is 2.85. The molecule has 1 amide bonds. The maximum absolute atomic E-state index is 12.4. The fourth-order valence-electron chi connectivity index (χ4n) is 3.63. The highest BCUT2D eigenvalue weighted by atomic mass is 16.1. The van der Waals surface area contributed by atoms with E-state index in [4.69, 9.17) is 0 Å². The van der Waals surface area contributed by atoms with Crippen molar-refractivity contribution in [3.63, 3.8) is 0 Å². The molecule has 0 unspecified atom stereocenters. The average molecular weight is 352 g/mol. The van der Waals surface area contributed by atoms with Gasteiger partial charge in [-0.1, -0.05) is 12.1 Å². The van der Waals surface area contributed by atoms with E-state index >= 15 is 0 Å². The van der Waals surface area contributed by atoms with Crippen LogP contribution in [0.3, 0.4) is 0 Å². The number of hydrogen-bond donors (Lipinski definition) is 1. The van der Waals surface area contributed by atoms with Crippen molar-refractivity contribution in [2.24, 2.45) is 5.92 Å². The van der Waals surface area contributed by atoms with Crippen molar-refractivity contribution >= 4 is 5.91 Å². The van der Waals surface area contributed by atoms with E-state index in [2.05, 4.69) is 21.5 Å². The maximum atomic E-state index is 12.4. The van der Waals surface area contributed by atoms with Gasteiger partial charge >= 0.3 is 0 Å². The van der Waals surface area contributed by atoms with Gasteiger partial charge in [-0.15, -0.1) is 0 Å². The van der Waals surface area contributed by atoms with Crippen molar-refractivity contribution < 1.29 is 4.79 Å². The molecule has 1 aromatic heterocycles. The zero-order chi connectivity index (χ0) is 17.8. The van der Waals surface area contributed by atoms with Crippen molar-refractivity contribution in [1.82, 2.24) is 20.0 Å². The molecule has 1 saturated carbocycles. The monoisotopic (exact) mass is 352 g/mol. The first kappa shape index (κ1) is 17.3. The van der Waals surface area contributed by atoms with Gasteiger partial charge in [-0.05, 0) is 75.4 Å². The Bertz CT molecular complexity index is 744. The largest absolute Gasteiger partial charge is 0.352 e. The van der Waals surface area contributed by atoms with Crippen LogP contribution < -0.4 is 5.32 Å². The predicted octanol–water partition coefficient (Wildman–Crippen LogP) is 3.18. The Labute approximate surface area is 155 Å². The Balaban J connectivity index is 1.31. The molecule has 5 heteroatoms. The number of carbonyl (C=O) groups is 1. The molecule has 2 heterocycles. The minimum absolute atomic E-state index is 0.0126. The predicted molar refractivity (Wildman–Crippen MR) is 103 cm³/mol. The van der Waals surface area contributed by atoms with Crippen LogP contribution in [0.5, 0.6) is 0 Å². The summed E-state index contributed by atoms with van der Waals surface area (Å²) in [6.07, 6.45) is 10.3. The Morgan fingerprint density at radius 2 is 2.04 bits per heavy atom. The van der Waals surface area contributed by atoms with Gasteiger partial charge in [0.05, 0.1) is 6.20 Å². The first-order valence-corrected chi connectivity index (χ1v) is 9.91. The quantitative estimate of drug-likeness (QED) is 0.743. The van der Waals surface area contributed by atoms with Crippen LogP contribution >= 0.6 is 0 Å². The molecule has 1 aliphatic carbocycles. The van der Waals surface area contributed by atoms with E-state index < -0.39 is 0 Å². The van der Waals surface area contributed by atoms with Gasteiger partial charge in [-0.2, -0.15) is 5.10 Å². The summed E-state index contributed by atoms with van der Waals surface area (Å²) >= 11 is 0. The van der Waals surface area contributed by atoms with E-state index in [-0.39, 0.29) is 5.91 Å². The zero-order valence-corrected chi connectivity index (χ0v) is 15.4. The molecule has 2 aromatic rings. The van der Waals surface area contributed by atoms with Gasteiger partial charge in [-0.3, -0.25) is 9.48 Å². The first-order chi connectivity index (χ1) is 12.8. The van der Waals surface area contributed by atoms with E-state index in [1.165, 1.54) is 38.8 Å². The lowest BCUT2D eigenvalue weighted by Crippen LogP contribution is -2.28. The standard InChI is InChI=1S/C21H28N4O/c26-21(22-9-4-12-24-10-1-2-11-24)19-6-3-5-18(13-19)20-14-23-25(16-20)15-17-7-8-17/h3,5-6,13-14,16-17H,1-2,4,7-12,15H2,(H,22,26). The number of likely N-dealkylation sites (tertiary alicyclic amines) is 1. The Hall–Kier alpha value is -2.14. The van der Waals surface area contributed by atoms with Crippen molar-refractivity contribution in [2.45, 2.75) is 38.6 Å². The number of amides is 1. The molecular formula is C21H28N4O. The Morgan fingerprint density at radius 3 is 2.85 bits per heavy atom. The number of benzene rings is 1. The lowest BCUT2D eigenvalue weighted by molar-refractivity contribution is 0.0952. The van der Waals surface area contributed by atoms with Crippen LogP contribution in [0.25, 0.3) is 11.1 Å². The second-order valence-electron chi connectivity index (χ2n) is 7.63. The summed E-state index contributed by atoms with van der Waals surface area (Å²) in [7, 11) is 0. The van der Waals surface area contributed by atoms with Crippen LogP contribution in [0.15, 0.2) is 36.7 Å². The lowest BCUT2D eigenvalue weighted by Gasteiger charge is -2.14. The number of aromatic nitrogens is 2. The van der Waals surface area contributed by atoms with Gasteiger partial charge in [-0.25, -0.2) is 0 Å². The Morgan fingerprint density at radius 1 is 1.19 bits per heavy atom. The van der Waals surface area contributed by atoms with Crippen LogP contribution in [-0.2, 0) is 6.54 Å². The van der Waals surface area contributed by atoms with E-state index in [0.29, 0.717) is 0 Å². The van der Waals surface area contributed by atoms with E-state index in [0.717, 1.165) is 48.7 Å². The third-order valence-electron chi connectivity index (χ3n) is 5.37. The van der Waals surface area contributed by atoms with E-state index in [1.54, 1.807) is 0 Å². The average Bonchev–Trinajstić information content (AvgIpc) is 3.12. The highest BCUT2D eigenvalue weighted by Crippen LogP contribution is 2.31. The smallest absolute Gasteiger partial charge is 0.251 e. The molecule has 0 spiro atoms. The number of hydrogen-bond acceptors (Lipinski definition) is 3. The fraction of sp³-hybridized carbons (Fsp3) is 0.524. The third kappa shape index (κ3) is 4.52. The van der Waals surface area contributed by atoms with Crippen molar-refractivity contribution in [3.8, 4) is 11.1 Å². The second-order valence-corrected chi connectivity index (χ2v) is 7.63. The van der Waals surface area contributed by atoms with Crippen molar-refractivity contribution in [3.05, 3.63) is 42.2 Å². The molecule has 0 atom stereocenters. The molecular weight excluding hydrogens is 324 g/mol. The van der Waals surface area contributed by atoms with Crippen molar-refractivity contribution in [2.75, 3.05) is 26.2 Å². The molecule has 0 radical (unpaired) electrons. The maximum Gasteiger partial charge on any atom is 0.251 e. The molecule has 138 valence electrons. The molecule has 0 bridgehead atoms. The molecule has 1 aromatic carbocycles. The molecule has 1 saturated heterocycles. The van der Waals surface area contributed by atoms with Crippen LogP contribution in [0, 0.1) is 5.92 Å². The number of nitrogens with one attached hydrogen (secondary N) is 1. The van der Waals surface area contributed by atoms with E-state index in [1.807, 2.05) is 35.1 Å². The third-order valence-corrected chi connectivity index (χ3v) is 5.37. The van der Waals surface area contributed by atoms with Crippen LogP contribution in [0.1, 0.15) is 42.5 Å². The van der Waals surface area contributed by atoms with Crippen LogP contribution in [-0.4, -0.2) is 46.8 Å². The normalized spacial score (nSPS) is 17.5. The summed E-state index contributed by atoms with van der Waals surface area (Å²) < 4.78 is 2.03. The van der Waals surface area contributed by atoms with Gasteiger partial charge in [0.25, 0.3) is 5.91 Å². The van der Waals surface area contributed by atoms with Gasteiger partial charge in [0.1, 0.15) is 0 Å². The molecule has 2 fully saturated rings.